The van der Waals surface area contributed by atoms with E-state index in [1.807, 2.05) is 41.4 Å². The van der Waals surface area contributed by atoms with Crippen molar-refractivity contribution in [3.8, 4) is 0 Å². The van der Waals surface area contributed by atoms with Gasteiger partial charge in [0.15, 0.2) is 0 Å². The quantitative estimate of drug-likeness (QED) is 0.691. The average Bonchev–Trinajstić information content (AvgIpc) is 2.46. The smallest absolute Gasteiger partial charge is 0.0818 e. The number of aliphatic imine (C=N–C) groups is 1. The topological polar surface area (TPSA) is 15.6 Å². The minimum absolute atomic E-state index is 0.455. The Balaban J connectivity index is 2.12. The van der Waals surface area contributed by atoms with Crippen LogP contribution in [0, 0.1) is 0 Å². The Morgan fingerprint density at radius 2 is 2.14 bits per heavy atom. The van der Waals surface area contributed by atoms with Gasteiger partial charge in [-0.2, -0.15) is 0 Å². The van der Waals surface area contributed by atoms with Gasteiger partial charge in [0.1, 0.15) is 0 Å². The van der Waals surface area contributed by atoms with Crippen LogP contribution in [0.25, 0.3) is 0 Å². The van der Waals surface area contributed by atoms with E-state index in [1.54, 1.807) is 18.5 Å². The van der Waals surface area contributed by atoms with E-state index >= 15 is 0 Å². The molecule has 1 heterocycles. The fourth-order valence-electron chi connectivity index (χ4n) is 1.26. The zero-order valence-corrected chi connectivity index (χ0v) is 7.80. The summed E-state index contributed by atoms with van der Waals surface area (Å²) < 4.78 is 7.76. The SMILES string of the molecule is [2H]C1=CC=NC=CN1Cc1ccccc1. The van der Waals surface area contributed by atoms with Gasteiger partial charge in [0.2, 0.25) is 0 Å². The monoisotopic (exact) mass is 185 g/mol. The Bertz CT molecular complexity index is 407. The molecule has 0 amide bonds. The van der Waals surface area contributed by atoms with Crippen LogP contribution in [0.3, 0.4) is 0 Å². The Morgan fingerprint density at radius 1 is 1.29 bits per heavy atom. The van der Waals surface area contributed by atoms with E-state index in [2.05, 4.69) is 4.99 Å². The Morgan fingerprint density at radius 3 is 3.00 bits per heavy atom. The van der Waals surface area contributed by atoms with Gasteiger partial charge in [-0.05, 0) is 11.6 Å². The molecule has 0 radical (unpaired) electrons. The maximum absolute atomic E-state index is 7.76. The first-order chi connectivity index (χ1) is 7.36. The molecule has 0 saturated heterocycles. The zero-order chi connectivity index (χ0) is 10.5. The molecule has 0 fully saturated rings. The molecule has 2 heteroatoms. The third-order valence-electron chi connectivity index (χ3n) is 1.93. The molecule has 0 bridgehead atoms. The fourth-order valence-corrected chi connectivity index (χ4v) is 1.26. The van der Waals surface area contributed by atoms with Crippen LogP contribution in [0.1, 0.15) is 6.93 Å². The number of benzene rings is 1. The van der Waals surface area contributed by atoms with Crippen LogP contribution in [0.15, 0.2) is 60.0 Å². The average molecular weight is 185 g/mol. The van der Waals surface area contributed by atoms with Crippen molar-refractivity contribution < 1.29 is 1.37 Å². The lowest BCUT2D eigenvalue weighted by Gasteiger charge is -2.13. The standard InChI is InChI=1S/C12H12N2/c1-2-5-12(6-3-1)11-14-9-4-7-13-8-10-14/h1-10H,11H2/i9D. The molecule has 1 aliphatic rings. The van der Waals surface area contributed by atoms with Gasteiger partial charge in [-0.3, -0.25) is 4.99 Å². The normalized spacial score (nSPS) is 16.1. The molecule has 0 N–H and O–H groups in total. The molecule has 2 rings (SSSR count). The van der Waals surface area contributed by atoms with Crippen LogP contribution >= 0.6 is 0 Å². The van der Waals surface area contributed by atoms with E-state index in [0.717, 1.165) is 0 Å². The molecule has 0 aliphatic carbocycles. The Labute approximate surface area is 85.3 Å². The second-order valence-electron chi connectivity index (χ2n) is 3.01. The Kier molecular flexibility index (Phi) is 2.39. The molecule has 70 valence electrons. The molecule has 1 aliphatic heterocycles. The first-order valence-electron chi connectivity index (χ1n) is 5.03. The van der Waals surface area contributed by atoms with E-state index in [9.17, 15) is 0 Å². The largest absolute Gasteiger partial charge is 0.348 e. The van der Waals surface area contributed by atoms with Crippen molar-refractivity contribution in [1.82, 2.24) is 4.90 Å². The highest BCUT2D eigenvalue weighted by Gasteiger charge is 1.96. The van der Waals surface area contributed by atoms with Crippen LogP contribution in [0.5, 0.6) is 0 Å². The van der Waals surface area contributed by atoms with E-state index in [4.69, 9.17) is 1.37 Å². The third-order valence-corrected chi connectivity index (χ3v) is 1.93. The predicted octanol–water partition coefficient (Wildman–Crippen LogP) is 2.56. The van der Waals surface area contributed by atoms with E-state index in [1.165, 1.54) is 5.56 Å². The van der Waals surface area contributed by atoms with Crippen molar-refractivity contribution in [3.05, 3.63) is 60.5 Å². The molecule has 0 atom stereocenters. The van der Waals surface area contributed by atoms with Gasteiger partial charge < -0.3 is 4.90 Å². The first-order valence-corrected chi connectivity index (χ1v) is 4.53. The van der Waals surface area contributed by atoms with Gasteiger partial charge in [-0.1, -0.05) is 30.3 Å². The summed E-state index contributed by atoms with van der Waals surface area (Å²) >= 11 is 0. The number of hydrogen-bond donors (Lipinski definition) is 0. The van der Waals surface area contributed by atoms with Crippen LogP contribution < -0.4 is 0 Å². The van der Waals surface area contributed by atoms with E-state index < -0.39 is 0 Å². The minimum atomic E-state index is 0.455. The summed E-state index contributed by atoms with van der Waals surface area (Å²) in [4.78, 5) is 5.82. The highest BCUT2D eigenvalue weighted by atomic mass is 15.1. The summed E-state index contributed by atoms with van der Waals surface area (Å²) in [5.41, 5.74) is 1.18. The van der Waals surface area contributed by atoms with Crippen molar-refractivity contribution in [2.45, 2.75) is 6.54 Å². The highest BCUT2D eigenvalue weighted by molar-refractivity contribution is 5.71. The summed E-state index contributed by atoms with van der Waals surface area (Å²) in [6.07, 6.45) is 7.28. The summed E-state index contributed by atoms with van der Waals surface area (Å²) in [5, 5.41) is 0. The molecule has 0 unspecified atom stereocenters. The predicted molar refractivity (Wildman–Crippen MR) is 58.8 cm³/mol. The van der Waals surface area contributed by atoms with Crippen molar-refractivity contribution in [3.63, 3.8) is 0 Å². The fraction of sp³-hybridized carbons (Fsp3) is 0.0833. The number of nitrogens with zero attached hydrogens (tertiary/aromatic N) is 2. The summed E-state index contributed by atoms with van der Waals surface area (Å²) in [5.74, 6) is 0. The third kappa shape index (κ3) is 2.33. The first kappa shape index (κ1) is 7.56. The minimum Gasteiger partial charge on any atom is -0.348 e. The summed E-state index contributed by atoms with van der Waals surface area (Å²) in [7, 11) is 0. The number of allylic oxidation sites excluding steroid dienone is 1. The van der Waals surface area contributed by atoms with E-state index in [0.29, 0.717) is 12.7 Å². The Hall–Kier alpha value is -1.83. The van der Waals surface area contributed by atoms with Gasteiger partial charge in [0.05, 0.1) is 1.37 Å². The summed E-state index contributed by atoms with van der Waals surface area (Å²) in [6.45, 7) is 0.704. The second kappa shape index (κ2) is 4.42. The maximum atomic E-state index is 7.76. The van der Waals surface area contributed by atoms with Crippen molar-refractivity contribution in [2.24, 2.45) is 4.99 Å². The number of rotatable bonds is 2. The zero-order valence-electron chi connectivity index (χ0n) is 8.80. The molecule has 2 nitrogen and oxygen atoms in total. The van der Waals surface area contributed by atoms with Gasteiger partial charge in [0, 0.05) is 31.3 Å². The van der Waals surface area contributed by atoms with Crippen LogP contribution in [0.2, 0.25) is 0 Å². The molecular weight excluding hydrogens is 172 g/mol. The van der Waals surface area contributed by atoms with E-state index in [-0.39, 0.29) is 0 Å². The summed E-state index contributed by atoms with van der Waals surface area (Å²) in [6, 6.07) is 10.1. The van der Waals surface area contributed by atoms with Crippen LogP contribution in [0.4, 0.5) is 0 Å². The molecule has 0 saturated carbocycles. The molecule has 0 aromatic heterocycles. The van der Waals surface area contributed by atoms with Crippen molar-refractivity contribution in [1.29, 1.82) is 0 Å². The lowest BCUT2D eigenvalue weighted by atomic mass is 10.2. The lowest BCUT2D eigenvalue weighted by Crippen LogP contribution is -2.08. The lowest BCUT2D eigenvalue weighted by molar-refractivity contribution is 0.502. The van der Waals surface area contributed by atoms with Crippen LogP contribution in [-0.2, 0) is 6.54 Å². The second-order valence-corrected chi connectivity index (χ2v) is 3.01. The highest BCUT2D eigenvalue weighted by Crippen LogP contribution is 2.06. The molecule has 0 spiro atoms. The van der Waals surface area contributed by atoms with Crippen molar-refractivity contribution in [2.75, 3.05) is 0 Å². The van der Waals surface area contributed by atoms with Gasteiger partial charge in [-0.15, -0.1) is 0 Å². The van der Waals surface area contributed by atoms with Gasteiger partial charge in [0.25, 0.3) is 0 Å². The van der Waals surface area contributed by atoms with Crippen molar-refractivity contribution >= 4 is 6.21 Å². The van der Waals surface area contributed by atoms with Gasteiger partial charge in [-0.25, -0.2) is 0 Å². The molecule has 1 aromatic rings. The molecular formula is C12H12N2. The van der Waals surface area contributed by atoms with Gasteiger partial charge >= 0.3 is 0 Å². The maximum Gasteiger partial charge on any atom is 0.0818 e. The number of hydrogen-bond acceptors (Lipinski definition) is 2. The van der Waals surface area contributed by atoms with Crippen LogP contribution in [-0.4, -0.2) is 11.1 Å². The molecule has 1 aromatic carbocycles. The molecule has 14 heavy (non-hydrogen) atoms.